The molecule has 0 unspecified atom stereocenters. The highest BCUT2D eigenvalue weighted by Crippen LogP contribution is 2.22. The van der Waals surface area contributed by atoms with Crippen LogP contribution in [0.4, 0.5) is 5.69 Å². The number of hydrogen-bond donors (Lipinski definition) is 3. The molecule has 3 heteroatoms. The quantitative estimate of drug-likeness (QED) is 0.541. The Labute approximate surface area is 77.6 Å². The zero-order valence-corrected chi connectivity index (χ0v) is 7.46. The fourth-order valence-corrected chi connectivity index (χ4v) is 1.77. The first-order valence-corrected chi connectivity index (χ1v) is 4.51. The van der Waals surface area contributed by atoms with Crippen molar-refractivity contribution in [1.82, 2.24) is 5.32 Å². The summed E-state index contributed by atoms with van der Waals surface area (Å²) in [4.78, 5) is 0. The number of benzene rings is 1. The second kappa shape index (κ2) is 3.36. The molecule has 70 valence electrons. The number of aliphatic hydroxyl groups is 1. The molecule has 0 saturated heterocycles. The molecular formula is C10H14N2O. The van der Waals surface area contributed by atoms with Crippen LogP contribution in [0.25, 0.3) is 0 Å². The molecule has 1 aromatic carbocycles. The smallest absolute Gasteiger partial charge is 0.0588 e. The van der Waals surface area contributed by atoms with Gasteiger partial charge in [-0.15, -0.1) is 0 Å². The molecule has 1 aliphatic heterocycles. The number of anilines is 1. The molecule has 0 spiro atoms. The van der Waals surface area contributed by atoms with Crippen LogP contribution in [-0.4, -0.2) is 17.8 Å². The minimum Gasteiger partial charge on any atom is -0.398 e. The summed E-state index contributed by atoms with van der Waals surface area (Å²) in [5, 5.41) is 12.3. The van der Waals surface area contributed by atoms with E-state index in [1.807, 2.05) is 12.1 Å². The van der Waals surface area contributed by atoms with Crippen molar-refractivity contribution in [1.29, 1.82) is 0 Å². The van der Waals surface area contributed by atoms with Gasteiger partial charge in [0, 0.05) is 18.3 Å². The molecule has 0 bridgehead atoms. The Morgan fingerprint density at radius 3 is 3.15 bits per heavy atom. The number of nitrogens with two attached hydrogens (primary N) is 1. The number of aliphatic hydroxyl groups excluding tert-OH is 1. The maximum Gasteiger partial charge on any atom is 0.0588 e. The van der Waals surface area contributed by atoms with E-state index in [4.69, 9.17) is 10.8 Å². The van der Waals surface area contributed by atoms with Crippen LogP contribution in [0.5, 0.6) is 0 Å². The summed E-state index contributed by atoms with van der Waals surface area (Å²) in [5.74, 6) is 0. The van der Waals surface area contributed by atoms with E-state index in [2.05, 4.69) is 11.4 Å². The summed E-state index contributed by atoms with van der Waals surface area (Å²) < 4.78 is 0. The molecule has 1 aliphatic rings. The monoisotopic (exact) mass is 178 g/mol. The Hall–Kier alpha value is -1.06. The van der Waals surface area contributed by atoms with Gasteiger partial charge in [-0.3, -0.25) is 0 Å². The van der Waals surface area contributed by atoms with E-state index < -0.39 is 0 Å². The molecule has 0 saturated carbocycles. The number of nitrogens with one attached hydrogen (secondary N) is 1. The SMILES string of the molecule is Nc1cccc2c1C[C@@H](CO)NC2. The Kier molecular flexibility index (Phi) is 2.20. The van der Waals surface area contributed by atoms with Gasteiger partial charge in [0.05, 0.1) is 6.61 Å². The van der Waals surface area contributed by atoms with Gasteiger partial charge in [0.15, 0.2) is 0 Å². The van der Waals surface area contributed by atoms with Crippen molar-refractivity contribution in [2.24, 2.45) is 0 Å². The fraction of sp³-hybridized carbons (Fsp3) is 0.400. The van der Waals surface area contributed by atoms with Gasteiger partial charge in [-0.2, -0.15) is 0 Å². The maximum atomic E-state index is 9.00. The Morgan fingerprint density at radius 2 is 2.38 bits per heavy atom. The molecule has 0 amide bonds. The van der Waals surface area contributed by atoms with Crippen LogP contribution in [0, 0.1) is 0 Å². The Balaban J connectivity index is 2.32. The van der Waals surface area contributed by atoms with Crippen LogP contribution in [0.3, 0.4) is 0 Å². The van der Waals surface area contributed by atoms with Crippen molar-refractivity contribution >= 4 is 5.69 Å². The molecular weight excluding hydrogens is 164 g/mol. The standard InChI is InChI=1S/C10H14N2O/c11-10-3-1-2-7-5-12-8(6-13)4-9(7)10/h1-3,8,12-13H,4-6,11H2/t8-/m0/s1. The molecule has 1 aromatic rings. The summed E-state index contributed by atoms with van der Waals surface area (Å²) >= 11 is 0. The van der Waals surface area contributed by atoms with E-state index in [1.165, 1.54) is 11.1 Å². The topological polar surface area (TPSA) is 58.3 Å². The van der Waals surface area contributed by atoms with Gasteiger partial charge in [-0.1, -0.05) is 12.1 Å². The minimum atomic E-state index is 0.164. The van der Waals surface area contributed by atoms with Gasteiger partial charge in [-0.05, 0) is 23.6 Å². The molecule has 0 radical (unpaired) electrons. The van der Waals surface area contributed by atoms with Crippen molar-refractivity contribution in [2.45, 2.75) is 19.0 Å². The first-order valence-electron chi connectivity index (χ1n) is 4.51. The molecule has 1 heterocycles. The molecule has 0 fully saturated rings. The number of rotatable bonds is 1. The van der Waals surface area contributed by atoms with E-state index >= 15 is 0 Å². The lowest BCUT2D eigenvalue weighted by Gasteiger charge is -2.25. The molecule has 2 rings (SSSR count). The van der Waals surface area contributed by atoms with Crippen LogP contribution in [0.15, 0.2) is 18.2 Å². The van der Waals surface area contributed by atoms with Crippen LogP contribution in [0.1, 0.15) is 11.1 Å². The summed E-state index contributed by atoms with van der Waals surface area (Å²) in [5.41, 5.74) is 9.14. The predicted octanol–water partition coefficient (Wildman–Crippen LogP) is 0.275. The van der Waals surface area contributed by atoms with E-state index in [0.717, 1.165) is 18.7 Å². The Morgan fingerprint density at radius 1 is 1.54 bits per heavy atom. The van der Waals surface area contributed by atoms with Crippen molar-refractivity contribution in [3.05, 3.63) is 29.3 Å². The van der Waals surface area contributed by atoms with Gasteiger partial charge in [-0.25, -0.2) is 0 Å². The first kappa shape index (κ1) is 8.53. The van der Waals surface area contributed by atoms with E-state index in [0.29, 0.717) is 0 Å². The third-order valence-electron chi connectivity index (χ3n) is 2.56. The summed E-state index contributed by atoms with van der Waals surface area (Å²) in [6, 6.07) is 6.12. The highest BCUT2D eigenvalue weighted by atomic mass is 16.3. The van der Waals surface area contributed by atoms with Crippen LogP contribution in [-0.2, 0) is 13.0 Å². The van der Waals surface area contributed by atoms with Crippen LogP contribution >= 0.6 is 0 Å². The van der Waals surface area contributed by atoms with Gasteiger partial charge in [0.25, 0.3) is 0 Å². The highest BCUT2D eigenvalue weighted by Gasteiger charge is 2.18. The zero-order valence-electron chi connectivity index (χ0n) is 7.46. The average Bonchev–Trinajstić information content (AvgIpc) is 2.18. The average molecular weight is 178 g/mol. The largest absolute Gasteiger partial charge is 0.398 e. The second-order valence-electron chi connectivity index (χ2n) is 3.45. The normalized spacial score (nSPS) is 21.2. The van der Waals surface area contributed by atoms with Crippen molar-refractivity contribution < 1.29 is 5.11 Å². The summed E-state index contributed by atoms with van der Waals surface area (Å²) in [6.07, 6.45) is 0.832. The molecule has 13 heavy (non-hydrogen) atoms. The highest BCUT2D eigenvalue weighted by molar-refractivity contribution is 5.52. The maximum absolute atomic E-state index is 9.00. The van der Waals surface area contributed by atoms with Crippen molar-refractivity contribution in [2.75, 3.05) is 12.3 Å². The van der Waals surface area contributed by atoms with Crippen molar-refractivity contribution in [3.8, 4) is 0 Å². The predicted molar refractivity (Wildman–Crippen MR) is 52.3 cm³/mol. The lowest BCUT2D eigenvalue weighted by Crippen LogP contribution is -2.38. The third-order valence-corrected chi connectivity index (χ3v) is 2.56. The molecule has 3 nitrogen and oxygen atoms in total. The Bertz CT molecular complexity index is 312. The first-order chi connectivity index (χ1) is 6.31. The van der Waals surface area contributed by atoms with Gasteiger partial charge in [0.2, 0.25) is 0 Å². The van der Waals surface area contributed by atoms with Crippen LogP contribution < -0.4 is 11.1 Å². The van der Waals surface area contributed by atoms with Crippen LogP contribution in [0.2, 0.25) is 0 Å². The summed E-state index contributed by atoms with van der Waals surface area (Å²) in [7, 11) is 0. The lowest BCUT2D eigenvalue weighted by molar-refractivity contribution is 0.236. The zero-order chi connectivity index (χ0) is 9.26. The summed E-state index contributed by atoms with van der Waals surface area (Å²) in [6.45, 7) is 0.985. The molecule has 0 aromatic heterocycles. The van der Waals surface area contributed by atoms with Gasteiger partial charge in [0.1, 0.15) is 0 Å². The van der Waals surface area contributed by atoms with Gasteiger partial charge >= 0.3 is 0 Å². The van der Waals surface area contributed by atoms with E-state index in [1.54, 1.807) is 0 Å². The van der Waals surface area contributed by atoms with E-state index in [-0.39, 0.29) is 12.6 Å². The second-order valence-corrected chi connectivity index (χ2v) is 3.45. The minimum absolute atomic E-state index is 0.164. The molecule has 4 N–H and O–H groups in total. The number of hydrogen-bond acceptors (Lipinski definition) is 3. The third kappa shape index (κ3) is 1.53. The number of nitrogen functional groups attached to an aromatic ring is 1. The molecule has 1 atom stereocenters. The lowest BCUT2D eigenvalue weighted by atomic mass is 9.95. The fourth-order valence-electron chi connectivity index (χ4n) is 1.77. The van der Waals surface area contributed by atoms with E-state index in [9.17, 15) is 0 Å². The van der Waals surface area contributed by atoms with Gasteiger partial charge < -0.3 is 16.2 Å². The molecule has 0 aliphatic carbocycles. The van der Waals surface area contributed by atoms with Crippen molar-refractivity contribution in [3.63, 3.8) is 0 Å². The number of fused-ring (bicyclic) bond motifs is 1.